The average Bonchev–Trinajstić information content (AvgIpc) is 2.62. The van der Waals surface area contributed by atoms with Crippen LogP contribution in [0.4, 0.5) is 0 Å². The molecule has 0 bridgehead atoms. The zero-order valence-electron chi connectivity index (χ0n) is 8.29. The normalized spacial score (nSPS) is 10.4. The van der Waals surface area contributed by atoms with Gasteiger partial charge in [-0.05, 0) is 36.4 Å². The third kappa shape index (κ3) is 1.30. The molecule has 1 aromatic heterocycles. The minimum Gasteiger partial charge on any atom is -0.192 e. The van der Waals surface area contributed by atoms with Gasteiger partial charge in [0.05, 0.1) is 11.6 Å². The highest BCUT2D eigenvalue weighted by atomic mass is 32.1. The van der Waals surface area contributed by atoms with E-state index in [2.05, 4.69) is 19.1 Å². The van der Waals surface area contributed by atoms with Crippen LogP contribution < -0.4 is 0 Å². The molecule has 0 aliphatic heterocycles. The first-order valence-corrected chi connectivity index (χ1v) is 5.50. The molecule has 0 aliphatic rings. The molecule has 0 saturated carbocycles. The molecule has 1 heterocycles. The van der Waals surface area contributed by atoms with Gasteiger partial charge in [-0.15, -0.1) is 11.3 Å². The molecule has 70 valence electrons. The predicted octanol–water partition coefficient (Wildman–Crippen LogP) is 3.64. The number of hydrogen-bond donors (Lipinski definition) is 0. The predicted molar refractivity (Wildman–Crippen MR) is 60.7 cm³/mol. The van der Waals surface area contributed by atoms with Crippen molar-refractivity contribution in [3.05, 3.63) is 34.2 Å². The van der Waals surface area contributed by atoms with E-state index in [0.717, 1.165) is 17.5 Å². The van der Waals surface area contributed by atoms with Gasteiger partial charge in [0.25, 0.3) is 0 Å². The van der Waals surface area contributed by atoms with E-state index in [1.165, 1.54) is 15.0 Å². The van der Waals surface area contributed by atoms with E-state index in [0.29, 0.717) is 0 Å². The Morgan fingerprint density at radius 1 is 1.43 bits per heavy atom. The van der Waals surface area contributed by atoms with Crippen LogP contribution in [0.1, 0.15) is 22.9 Å². The summed E-state index contributed by atoms with van der Waals surface area (Å²) < 4.78 is 1.26. The molecule has 0 fully saturated rings. The van der Waals surface area contributed by atoms with E-state index >= 15 is 0 Å². The number of nitriles is 1. The second-order valence-electron chi connectivity index (χ2n) is 3.33. The second kappa shape index (κ2) is 3.43. The Morgan fingerprint density at radius 3 is 2.86 bits per heavy atom. The molecule has 1 aromatic carbocycles. The molecule has 0 atom stereocenters. The number of aryl methyl sites for hydroxylation is 2. The van der Waals surface area contributed by atoms with E-state index in [4.69, 9.17) is 5.26 Å². The van der Waals surface area contributed by atoms with Crippen molar-refractivity contribution in [2.24, 2.45) is 0 Å². The molecule has 2 heteroatoms. The first-order valence-electron chi connectivity index (χ1n) is 4.68. The van der Waals surface area contributed by atoms with Crippen LogP contribution in [-0.4, -0.2) is 0 Å². The van der Waals surface area contributed by atoms with Gasteiger partial charge in [0.2, 0.25) is 0 Å². The van der Waals surface area contributed by atoms with Crippen molar-refractivity contribution in [1.82, 2.24) is 0 Å². The van der Waals surface area contributed by atoms with Crippen molar-refractivity contribution in [1.29, 1.82) is 5.26 Å². The smallest absolute Gasteiger partial charge is 0.0994 e. The number of thiophene rings is 1. The van der Waals surface area contributed by atoms with Gasteiger partial charge in [0, 0.05) is 9.58 Å². The van der Waals surface area contributed by atoms with Gasteiger partial charge in [0.1, 0.15) is 0 Å². The lowest BCUT2D eigenvalue weighted by atomic mass is 10.1. The molecule has 0 saturated heterocycles. The average molecular weight is 201 g/mol. The molecular formula is C12H11NS. The molecule has 0 aliphatic carbocycles. The van der Waals surface area contributed by atoms with E-state index in [-0.39, 0.29) is 0 Å². The van der Waals surface area contributed by atoms with Crippen molar-refractivity contribution in [2.75, 3.05) is 0 Å². The van der Waals surface area contributed by atoms with Crippen LogP contribution in [0.3, 0.4) is 0 Å². The summed E-state index contributed by atoms with van der Waals surface area (Å²) in [5, 5.41) is 10.2. The van der Waals surface area contributed by atoms with Gasteiger partial charge in [-0.25, -0.2) is 0 Å². The lowest BCUT2D eigenvalue weighted by Gasteiger charge is -1.97. The highest BCUT2D eigenvalue weighted by Gasteiger charge is 2.06. The molecule has 0 N–H and O–H groups in total. The number of fused-ring (bicyclic) bond motifs is 1. The molecule has 14 heavy (non-hydrogen) atoms. The lowest BCUT2D eigenvalue weighted by Crippen LogP contribution is -1.80. The Balaban J connectivity index is 2.76. The highest BCUT2D eigenvalue weighted by molar-refractivity contribution is 7.19. The Morgan fingerprint density at radius 2 is 2.21 bits per heavy atom. The third-order valence-electron chi connectivity index (χ3n) is 2.45. The highest BCUT2D eigenvalue weighted by Crippen LogP contribution is 2.30. The summed E-state index contributed by atoms with van der Waals surface area (Å²) in [5.74, 6) is 0. The number of nitrogens with zero attached hydrogens (tertiary/aromatic N) is 1. The zero-order chi connectivity index (χ0) is 10.1. The van der Waals surface area contributed by atoms with Gasteiger partial charge < -0.3 is 0 Å². The van der Waals surface area contributed by atoms with Crippen LogP contribution in [-0.2, 0) is 6.42 Å². The fraction of sp³-hybridized carbons (Fsp3) is 0.250. The van der Waals surface area contributed by atoms with Gasteiger partial charge in [-0.2, -0.15) is 5.26 Å². The Hall–Kier alpha value is -1.33. The van der Waals surface area contributed by atoms with E-state index in [1.807, 2.05) is 19.1 Å². The summed E-state index contributed by atoms with van der Waals surface area (Å²) >= 11 is 1.80. The van der Waals surface area contributed by atoms with Crippen LogP contribution in [0.15, 0.2) is 18.2 Å². The maximum absolute atomic E-state index is 8.90. The topological polar surface area (TPSA) is 23.8 Å². The van der Waals surface area contributed by atoms with Crippen molar-refractivity contribution in [3.8, 4) is 6.07 Å². The largest absolute Gasteiger partial charge is 0.192 e. The maximum atomic E-state index is 8.90. The van der Waals surface area contributed by atoms with E-state index in [9.17, 15) is 0 Å². The molecule has 1 nitrogen and oxygen atoms in total. The molecule has 0 amide bonds. The minimum absolute atomic E-state index is 0.794. The van der Waals surface area contributed by atoms with Gasteiger partial charge in [-0.3, -0.25) is 0 Å². The monoisotopic (exact) mass is 201 g/mol. The van der Waals surface area contributed by atoms with Crippen LogP contribution in [0, 0.1) is 18.3 Å². The van der Waals surface area contributed by atoms with Crippen molar-refractivity contribution in [3.63, 3.8) is 0 Å². The Bertz CT molecular complexity index is 517. The first-order chi connectivity index (χ1) is 6.76. The Kier molecular flexibility index (Phi) is 2.26. The molecule has 2 rings (SSSR count). The molecule has 0 unspecified atom stereocenters. The van der Waals surface area contributed by atoms with Gasteiger partial charge >= 0.3 is 0 Å². The molecule has 0 radical (unpaired) electrons. The van der Waals surface area contributed by atoms with Gasteiger partial charge in [0.15, 0.2) is 0 Å². The summed E-state index contributed by atoms with van der Waals surface area (Å²) in [4.78, 5) is 1.39. The standard InChI is InChI=1S/C12H11NS/c1-3-11-6-9-4-5-10(7-13)8(2)12(9)14-11/h4-6H,3H2,1-2H3. The van der Waals surface area contributed by atoms with Crippen LogP contribution >= 0.6 is 11.3 Å². The summed E-state index contributed by atoms with van der Waals surface area (Å²) in [6.45, 7) is 4.18. The third-order valence-corrected chi connectivity index (χ3v) is 3.87. The first kappa shape index (κ1) is 9.23. The fourth-order valence-electron chi connectivity index (χ4n) is 1.59. The zero-order valence-corrected chi connectivity index (χ0v) is 9.11. The van der Waals surface area contributed by atoms with Crippen molar-refractivity contribution >= 4 is 21.4 Å². The number of hydrogen-bond acceptors (Lipinski definition) is 2. The van der Waals surface area contributed by atoms with Crippen LogP contribution in [0.2, 0.25) is 0 Å². The van der Waals surface area contributed by atoms with Crippen LogP contribution in [0.25, 0.3) is 10.1 Å². The minimum atomic E-state index is 0.794. The second-order valence-corrected chi connectivity index (χ2v) is 4.47. The lowest BCUT2D eigenvalue weighted by molar-refractivity contribution is 1.19. The maximum Gasteiger partial charge on any atom is 0.0994 e. The molecule has 0 spiro atoms. The fourth-order valence-corrected chi connectivity index (χ4v) is 2.69. The quantitative estimate of drug-likeness (QED) is 0.691. The van der Waals surface area contributed by atoms with E-state index in [1.54, 1.807) is 11.3 Å². The summed E-state index contributed by atoms with van der Waals surface area (Å²) in [7, 11) is 0. The summed E-state index contributed by atoms with van der Waals surface area (Å²) in [6, 6.07) is 8.38. The Labute approximate surface area is 87.6 Å². The van der Waals surface area contributed by atoms with E-state index < -0.39 is 0 Å². The number of benzene rings is 1. The van der Waals surface area contributed by atoms with Crippen molar-refractivity contribution in [2.45, 2.75) is 20.3 Å². The molecular weight excluding hydrogens is 190 g/mol. The molecule has 2 aromatic rings. The van der Waals surface area contributed by atoms with Gasteiger partial charge in [-0.1, -0.05) is 13.0 Å². The van der Waals surface area contributed by atoms with Crippen molar-refractivity contribution < 1.29 is 0 Å². The summed E-state index contributed by atoms with van der Waals surface area (Å²) in [6.07, 6.45) is 1.07. The summed E-state index contributed by atoms with van der Waals surface area (Å²) in [5.41, 5.74) is 1.91. The SMILES string of the molecule is CCc1cc2ccc(C#N)c(C)c2s1. The van der Waals surface area contributed by atoms with Crippen LogP contribution in [0.5, 0.6) is 0 Å². The number of rotatable bonds is 1.